The molecule has 1 rings (SSSR count). The fourth-order valence-electron chi connectivity index (χ4n) is 1.42. The Hall–Kier alpha value is -1.75. The van der Waals surface area contributed by atoms with E-state index in [1.54, 1.807) is 0 Å². The average molecular weight is 250 g/mol. The Balaban J connectivity index is 2.25. The Morgan fingerprint density at radius 1 is 1.44 bits per heavy atom. The standard InChI is InChI=1S/C13H22N4O/c1-3-7-15-13(17-14)16-8-9-18-12-6-4-5-11(2)10-12/h4-6,10H,3,7-9,14H2,1-2H3,(H2,15,16,17). The summed E-state index contributed by atoms with van der Waals surface area (Å²) in [5.74, 6) is 6.82. The van der Waals surface area contributed by atoms with E-state index in [2.05, 4.69) is 22.7 Å². The molecule has 5 nitrogen and oxygen atoms in total. The molecule has 0 aliphatic rings. The van der Waals surface area contributed by atoms with Gasteiger partial charge >= 0.3 is 0 Å². The van der Waals surface area contributed by atoms with Crippen LogP contribution in [0.1, 0.15) is 18.9 Å². The van der Waals surface area contributed by atoms with Crippen molar-refractivity contribution >= 4 is 5.96 Å². The molecule has 100 valence electrons. The molecular formula is C13H22N4O. The summed E-state index contributed by atoms with van der Waals surface area (Å²) < 4.78 is 5.60. The quantitative estimate of drug-likeness (QED) is 0.233. The van der Waals surface area contributed by atoms with Crippen molar-refractivity contribution in [3.05, 3.63) is 29.8 Å². The van der Waals surface area contributed by atoms with E-state index >= 15 is 0 Å². The fourth-order valence-corrected chi connectivity index (χ4v) is 1.42. The highest BCUT2D eigenvalue weighted by Gasteiger charge is 1.96. The summed E-state index contributed by atoms with van der Waals surface area (Å²) in [5, 5.41) is 3.08. The minimum atomic E-state index is 0.566. The van der Waals surface area contributed by atoms with Gasteiger partial charge in [-0.2, -0.15) is 0 Å². The predicted octanol–water partition coefficient (Wildman–Crippen LogP) is 1.19. The van der Waals surface area contributed by atoms with Gasteiger partial charge in [0.1, 0.15) is 12.4 Å². The van der Waals surface area contributed by atoms with Crippen molar-refractivity contribution in [3.8, 4) is 5.75 Å². The van der Waals surface area contributed by atoms with E-state index in [0.29, 0.717) is 19.1 Å². The SMILES string of the molecule is CCCN=C(NN)NCCOc1cccc(C)c1. The summed E-state index contributed by atoms with van der Waals surface area (Å²) in [5.41, 5.74) is 3.72. The van der Waals surface area contributed by atoms with Gasteiger partial charge in [0.2, 0.25) is 5.96 Å². The molecule has 0 saturated carbocycles. The number of guanidine groups is 1. The normalized spacial score (nSPS) is 11.2. The van der Waals surface area contributed by atoms with Gasteiger partial charge in [0, 0.05) is 6.54 Å². The van der Waals surface area contributed by atoms with Crippen molar-refractivity contribution in [2.45, 2.75) is 20.3 Å². The molecular weight excluding hydrogens is 228 g/mol. The van der Waals surface area contributed by atoms with Gasteiger partial charge in [-0.3, -0.25) is 10.4 Å². The first-order valence-electron chi connectivity index (χ1n) is 6.20. The van der Waals surface area contributed by atoms with Crippen molar-refractivity contribution < 1.29 is 4.74 Å². The first kappa shape index (κ1) is 14.3. The lowest BCUT2D eigenvalue weighted by molar-refractivity contribution is 0.321. The van der Waals surface area contributed by atoms with E-state index in [1.165, 1.54) is 5.56 Å². The lowest BCUT2D eigenvalue weighted by Crippen LogP contribution is -2.43. The van der Waals surface area contributed by atoms with Crippen LogP contribution in [-0.2, 0) is 0 Å². The molecule has 1 aromatic rings. The van der Waals surface area contributed by atoms with Crippen LogP contribution in [0.5, 0.6) is 5.75 Å². The molecule has 0 spiro atoms. The van der Waals surface area contributed by atoms with Crippen LogP contribution in [0.25, 0.3) is 0 Å². The Morgan fingerprint density at radius 3 is 2.94 bits per heavy atom. The summed E-state index contributed by atoms with van der Waals surface area (Å²) in [4.78, 5) is 4.23. The summed E-state index contributed by atoms with van der Waals surface area (Å²) in [6.07, 6.45) is 0.993. The van der Waals surface area contributed by atoms with Crippen LogP contribution in [0.2, 0.25) is 0 Å². The topological polar surface area (TPSA) is 71.7 Å². The molecule has 0 saturated heterocycles. The number of benzene rings is 1. The summed E-state index contributed by atoms with van der Waals surface area (Å²) in [7, 11) is 0. The highest BCUT2D eigenvalue weighted by molar-refractivity contribution is 5.79. The molecule has 0 unspecified atom stereocenters. The Morgan fingerprint density at radius 2 is 2.28 bits per heavy atom. The third-order valence-corrected chi connectivity index (χ3v) is 2.28. The lowest BCUT2D eigenvalue weighted by Gasteiger charge is -2.10. The third-order valence-electron chi connectivity index (χ3n) is 2.28. The van der Waals surface area contributed by atoms with Crippen molar-refractivity contribution in [2.75, 3.05) is 19.7 Å². The second kappa shape index (κ2) is 8.36. The zero-order valence-corrected chi connectivity index (χ0v) is 11.1. The van der Waals surface area contributed by atoms with Crippen LogP contribution in [0.4, 0.5) is 0 Å². The number of nitrogens with one attached hydrogen (secondary N) is 2. The van der Waals surface area contributed by atoms with Gasteiger partial charge in [-0.1, -0.05) is 19.1 Å². The molecule has 1 aromatic carbocycles. The van der Waals surface area contributed by atoms with Crippen LogP contribution in [-0.4, -0.2) is 25.7 Å². The predicted molar refractivity (Wildman–Crippen MR) is 74.6 cm³/mol. The molecule has 0 aliphatic carbocycles. The van der Waals surface area contributed by atoms with Crippen LogP contribution < -0.4 is 21.3 Å². The number of nitrogens with zero attached hydrogens (tertiary/aromatic N) is 1. The second-order valence-electron chi connectivity index (χ2n) is 3.97. The summed E-state index contributed by atoms with van der Waals surface area (Å²) in [6.45, 7) is 6.08. The van der Waals surface area contributed by atoms with Crippen LogP contribution in [0, 0.1) is 6.92 Å². The van der Waals surface area contributed by atoms with Gasteiger partial charge in [-0.05, 0) is 31.0 Å². The average Bonchev–Trinajstić information content (AvgIpc) is 2.38. The third kappa shape index (κ3) is 5.54. The maximum absolute atomic E-state index is 5.60. The summed E-state index contributed by atoms with van der Waals surface area (Å²) in [6, 6.07) is 7.97. The van der Waals surface area contributed by atoms with E-state index in [4.69, 9.17) is 10.6 Å². The van der Waals surface area contributed by atoms with Gasteiger partial charge in [0.05, 0.1) is 6.54 Å². The zero-order chi connectivity index (χ0) is 13.2. The largest absolute Gasteiger partial charge is 0.492 e. The van der Waals surface area contributed by atoms with Crippen molar-refractivity contribution in [1.29, 1.82) is 0 Å². The molecule has 0 amide bonds. The van der Waals surface area contributed by atoms with Gasteiger partial charge in [-0.25, -0.2) is 5.84 Å². The van der Waals surface area contributed by atoms with E-state index in [-0.39, 0.29) is 0 Å². The Bertz CT molecular complexity index is 379. The lowest BCUT2D eigenvalue weighted by atomic mass is 10.2. The molecule has 4 N–H and O–H groups in total. The number of hydrogen-bond donors (Lipinski definition) is 3. The fraction of sp³-hybridized carbons (Fsp3) is 0.462. The van der Waals surface area contributed by atoms with E-state index in [9.17, 15) is 0 Å². The number of hydrogen-bond acceptors (Lipinski definition) is 3. The second-order valence-corrected chi connectivity index (χ2v) is 3.97. The number of nitrogens with two attached hydrogens (primary N) is 1. The number of rotatable bonds is 6. The zero-order valence-electron chi connectivity index (χ0n) is 11.1. The van der Waals surface area contributed by atoms with E-state index < -0.39 is 0 Å². The Kier molecular flexibility index (Phi) is 6.64. The number of ether oxygens (including phenoxy) is 1. The van der Waals surface area contributed by atoms with Crippen molar-refractivity contribution in [3.63, 3.8) is 0 Å². The molecule has 0 atom stereocenters. The van der Waals surface area contributed by atoms with E-state index in [1.807, 2.05) is 31.2 Å². The number of aryl methyl sites for hydroxylation is 1. The number of aliphatic imine (C=N–C) groups is 1. The maximum Gasteiger partial charge on any atom is 0.205 e. The molecule has 0 aliphatic heterocycles. The minimum Gasteiger partial charge on any atom is -0.492 e. The van der Waals surface area contributed by atoms with Crippen molar-refractivity contribution in [1.82, 2.24) is 10.7 Å². The van der Waals surface area contributed by atoms with Crippen LogP contribution in [0.15, 0.2) is 29.3 Å². The van der Waals surface area contributed by atoms with E-state index in [0.717, 1.165) is 18.7 Å². The molecule has 0 bridgehead atoms. The Labute approximate surface area is 108 Å². The minimum absolute atomic E-state index is 0.566. The molecule has 5 heteroatoms. The number of hydrazine groups is 1. The molecule has 18 heavy (non-hydrogen) atoms. The highest BCUT2D eigenvalue weighted by atomic mass is 16.5. The summed E-state index contributed by atoms with van der Waals surface area (Å²) >= 11 is 0. The smallest absolute Gasteiger partial charge is 0.205 e. The molecule has 0 aromatic heterocycles. The van der Waals surface area contributed by atoms with Gasteiger partial charge in [0.15, 0.2) is 0 Å². The molecule has 0 heterocycles. The van der Waals surface area contributed by atoms with Crippen LogP contribution >= 0.6 is 0 Å². The van der Waals surface area contributed by atoms with Gasteiger partial charge in [-0.15, -0.1) is 0 Å². The van der Waals surface area contributed by atoms with Crippen LogP contribution in [0.3, 0.4) is 0 Å². The molecule has 0 radical (unpaired) electrons. The first-order valence-corrected chi connectivity index (χ1v) is 6.20. The monoisotopic (exact) mass is 250 g/mol. The molecule has 0 fully saturated rings. The van der Waals surface area contributed by atoms with Crippen molar-refractivity contribution in [2.24, 2.45) is 10.8 Å². The van der Waals surface area contributed by atoms with Gasteiger partial charge in [0.25, 0.3) is 0 Å². The first-order chi connectivity index (χ1) is 8.76. The van der Waals surface area contributed by atoms with Gasteiger partial charge < -0.3 is 10.1 Å². The maximum atomic E-state index is 5.60. The highest BCUT2D eigenvalue weighted by Crippen LogP contribution is 2.11.